The van der Waals surface area contributed by atoms with Gasteiger partial charge in [-0.3, -0.25) is 4.98 Å². The molecule has 2 aromatic heterocycles. The van der Waals surface area contributed by atoms with Gasteiger partial charge >= 0.3 is 0 Å². The van der Waals surface area contributed by atoms with Crippen LogP contribution in [0, 0.1) is 6.92 Å². The molecule has 5 nitrogen and oxygen atoms in total. The smallest absolute Gasteiger partial charge is 0.282 e. The van der Waals surface area contributed by atoms with Crippen molar-refractivity contribution in [1.29, 1.82) is 0 Å². The Morgan fingerprint density at radius 3 is 1.95 bits per heavy atom. The molecule has 0 fully saturated rings. The van der Waals surface area contributed by atoms with E-state index in [9.17, 15) is 0 Å². The Bertz CT molecular complexity index is 1490. The van der Waals surface area contributed by atoms with Crippen LogP contribution in [-0.2, 0) is 27.3 Å². The number of pyridine rings is 2. The minimum absolute atomic E-state index is 0.0515. The fourth-order valence-corrected chi connectivity index (χ4v) is 4.79. The summed E-state index contributed by atoms with van der Waals surface area (Å²) < 4.78 is 8.12. The molecule has 5 rings (SSSR count). The molecule has 1 aliphatic rings. The lowest BCUT2D eigenvalue weighted by Crippen LogP contribution is -2.37. The number of hydrogen-bond donors (Lipinski definition) is 0. The van der Waals surface area contributed by atoms with Gasteiger partial charge in [-0.25, -0.2) is 4.89 Å². The normalized spacial score (nSPS) is 12.6. The second-order valence-electron chi connectivity index (χ2n) is 13.2. The van der Waals surface area contributed by atoms with Crippen LogP contribution >= 0.6 is 0 Å². The van der Waals surface area contributed by atoms with E-state index in [1.165, 1.54) is 34.0 Å². The van der Waals surface area contributed by atoms with E-state index in [-0.39, 0.29) is 23.0 Å². The van der Waals surface area contributed by atoms with Crippen LogP contribution in [0.5, 0.6) is 5.75 Å². The molecule has 0 unspecified atom stereocenters. The van der Waals surface area contributed by atoms with Crippen LogP contribution in [0.2, 0.25) is 0 Å². The van der Waals surface area contributed by atoms with Gasteiger partial charge in [0.2, 0.25) is 5.52 Å². The second kappa shape index (κ2) is 16.7. The lowest BCUT2D eigenvalue weighted by Gasteiger charge is -2.23. The van der Waals surface area contributed by atoms with Crippen molar-refractivity contribution >= 4 is 21.8 Å². The van der Waals surface area contributed by atoms with Crippen LogP contribution in [0.1, 0.15) is 106 Å². The van der Waals surface area contributed by atoms with Gasteiger partial charge in [-0.2, -0.15) is 9.45 Å². The van der Waals surface area contributed by atoms with Crippen molar-refractivity contribution < 1.29 is 19.1 Å². The average molecular weight is 602 g/mol. The van der Waals surface area contributed by atoms with Crippen LogP contribution in [0.25, 0.3) is 21.8 Å². The van der Waals surface area contributed by atoms with Crippen LogP contribution in [0.3, 0.4) is 0 Å². The van der Waals surface area contributed by atoms with Crippen molar-refractivity contribution in [3.63, 3.8) is 0 Å². The van der Waals surface area contributed by atoms with Gasteiger partial charge in [0.05, 0.1) is 6.10 Å². The highest BCUT2D eigenvalue weighted by atomic mass is 17.2. The first-order valence-electron chi connectivity index (χ1n) is 16.2. The topological polar surface area (TPSA) is 44.5 Å². The van der Waals surface area contributed by atoms with Crippen molar-refractivity contribution in [2.24, 2.45) is 0 Å². The summed E-state index contributed by atoms with van der Waals surface area (Å²) in [7, 11) is 0. The van der Waals surface area contributed by atoms with Crippen LogP contribution in [0.15, 0.2) is 73.1 Å². The number of aryl methyl sites for hydroxylation is 1. The Morgan fingerprint density at radius 2 is 1.39 bits per heavy atom. The maximum Gasteiger partial charge on any atom is 0.282 e. The fourth-order valence-electron chi connectivity index (χ4n) is 4.79. The van der Waals surface area contributed by atoms with Gasteiger partial charge < -0.3 is 4.74 Å². The lowest BCUT2D eigenvalue weighted by molar-refractivity contribution is -0.736. The first kappa shape index (κ1) is 36.9. The maximum atomic E-state index is 6.02. The molecule has 0 saturated heterocycles. The molecule has 0 aliphatic heterocycles. The standard InChI is InChI=1S/C18H26NO2.C16H17NO.C3H8.C2H6/c1-13(2)21-20-12-19-11-7-8-15-9-10-16(18(4,5)6)14(3)17(15)19;1-16(2,3)13-9-6-11-5-4-10-17-14(11)15(13)18-12-7-8-12;1-3-2;1-2/h7-11,13H,12H2,1-6H3;4-10,12H,1-3H3;3H2,1-2H3;1-2H3/q+1;;;. The summed E-state index contributed by atoms with van der Waals surface area (Å²) in [6, 6.07) is 16.9. The summed E-state index contributed by atoms with van der Waals surface area (Å²) in [4.78, 5) is 15.0. The third kappa shape index (κ3) is 10.4. The zero-order valence-corrected chi connectivity index (χ0v) is 29.6. The third-order valence-corrected chi connectivity index (χ3v) is 6.69. The number of fused-ring (bicyclic) bond motifs is 2. The Labute approximate surface area is 267 Å². The summed E-state index contributed by atoms with van der Waals surface area (Å²) in [6.45, 7) is 28.1. The lowest BCUT2D eigenvalue weighted by atomic mass is 9.83. The van der Waals surface area contributed by atoms with E-state index in [0.29, 0.717) is 6.73 Å². The number of benzene rings is 2. The number of nitrogens with zero attached hydrogens (tertiary/aromatic N) is 2. The van der Waals surface area contributed by atoms with Gasteiger partial charge in [-0.05, 0) is 67.5 Å². The van der Waals surface area contributed by atoms with Gasteiger partial charge in [-0.1, -0.05) is 99.9 Å². The molecular formula is C39H57N2O3+. The van der Waals surface area contributed by atoms with Crippen LogP contribution < -0.4 is 9.30 Å². The number of ether oxygens (including phenoxy) is 1. The van der Waals surface area contributed by atoms with Crippen molar-refractivity contribution in [3.05, 3.63) is 89.8 Å². The molecule has 0 atom stereocenters. The van der Waals surface area contributed by atoms with E-state index < -0.39 is 0 Å². The van der Waals surface area contributed by atoms with Gasteiger partial charge in [-0.15, -0.1) is 0 Å². The van der Waals surface area contributed by atoms with E-state index in [1.54, 1.807) is 0 Å². The minimum atomic E-state index is 0.0515. The first-order valence-corrected chi connectivity index (χ1v) is 16.2. The Hall–Kier alpha value is -3.28. The van der Waals surface area contributed by atoms with Gasteiger partial charge in [0.1, 0.15) is 11.6 Å². The number of rotatable bonds is 6. The predicted octanol–water partition coefficient (Wildman–Crippen LogP) is 10.3. The van der Waals surface area contributed by atoms with Crippen LogP contribution in [0.4, 0.5) is 0 Å². The zero-order chi connectivity index (χ0) is 33.1. The molecule has 0 saturated carbocycles. The molecule has 0 amide bonds. The largest absolute Gasteiger partial charge is 0.480 e. The van der Waals surface area contributed by atoms with Gasteiger partial charge in [0, 0.05) is 34.2 Å². The fraction of sp³-hybridized carbons (Fsp3) is 0.487. The maximum absolute atomic E-state index is 6.02. The van der Waals surface area contributed by atoms with E-state index in [1.807, 2.05) is 64.4 Å². The van der Waals surface area contributed by atoms with Crippen molar-refractivity contribution in [1.82, 2.24) is 4.98 Å². The predicted molar refractivity (Wildman–Crippen MR) is 186 cm³/mol. The molecule has 0 bridgehead atoms. The Kier molecular flexibility index (Phi) is 14.0. The summed E-state index contributed by atoms with van der Waals surface area (Å²) in [5, 5.41) is 2.34. The average Bonchev–Trinajstić information content (AvgIpc) is 3.78. The van der Waals surface area contributed by atoms with Crippen molar-refractivity contribution in [2.45, 2.75) is 126 Å². The highest BCUT2D eigenvalue weighted by Crippen LogP contribution is 2.38. The quantitative estimate of drug-likeness (QED) is 0.0954. The van der Waals surface area contributed by atoms with E-state index in [4.69, 9.17) is 14.5 Å². The SMILES string of the molecule is CC.CC(C)(C)c1ccc2cccnc2c1OC1C=C1.CCC.Cc1c(C(C)(C)C)ccc2ccc[n+](COOC(C)C)c12. The van der Waals surface area contributed by atoms with Crippen molar-refractivity contribution in [3.8, 4) is 5.75 Å². The van der Waals surface area contributed by atoms with Gasteiger partial charge in [0.15, 0.2) is 11.9 Å². The molecule has 4 aromatic rings. The summed E-state index contributed by atoms with van der Waals surface area (Å²) >= 11 is 0. The Morgan fingerprint density at radius 1 is 0.818 bits per heavy atom. The highest BCUT2D eigenvalue weighted by molar-refractivity contribution is 5.86. The second-order valence-corrected chi connectivity index (χ2v) is 13.2. The van der Waals surface area contributed by atoms with E-state index >= 15 is 0 Å². The Balaban J connectivity index is 0.000000270. The number of aromatic nitrogens is 2. The first-order chi connectivity index (χ1) is 20.8. The van der Waals surface area contributed by atoms with Crippen LogP contribution in [-0.4, -0.2) is 17.2 Å². The molecule has 0 radical (unpaired) electrons. The monoisotopic (exact) mass is 601 g/mol. The highest BCUT2D eigenvalue weighted by Gasteiger charge is 2.25. The zero-order valence-electron chi connectivity index (χ0n) is 29.6. The van der Waals surface area contributed by atoms with Crippen molar-refractivity contribution in [2.75, 3.05) is 0 Å². The summed E-state index contributed by atoms with van der Waals surface area (Å²) in [5.74, 6) is 0.926. The minimum Gasteiger partial charge on any atom is -0.480 e. The van der Waals surface area contributed by atoms with E-state index in [2.05, 4.69) is 108 Å². The summed E-state index contributed by atoms with van der Waals surface area (Å²) in [6.07, 6.45) is 9.42. The summed E-state index contributed by atoms with van der Waals surface area (Å²) in [5.41, 5.74) is 6.21. The molecule has 2 heterocycles. The molecule has 1 aliphatic carbocycles. The number of hydrogen-bond acceptors (Lipinski definition) is 4. The molecule has 0 spiro atoms. The third-order valence-electron chi connectivity index (χ3n) is 6.69. The molecule has 240 valence electrons. The molecular weight excluding hydrogens is 544 g/mol. The molecule has 0 N–H and O–H groups in total. The van der Waals surface area contributed by atoms with E-state index in [0.717, 1.165) is 16.7 Å². The molecule has 44 heavy (non-hydrogen) atoms. The van der Waals surface area contributed by atoms with Gasteiger partial charge in [0.25, 0.3) is 6.73 Å². The molecule has 5 heteroatoms. The molecule has 2 aromatic carbocycles.